The van der Waals surface area contributed by atoms with Gasteiger partial charge in [0.05, 0.1) is 6.10 Å². The minimum Gasteiger partial charge on any atom is -0.444 e. The normalized spacial score (nSPS) is 22.5. The lowest BCUT2D eigenvalue weighted by molar-refractivity contribution is -0.136. The highest BCUT2D eigenvalue weighted by Crippen LogP contribution is 2.17. The Labute approximate surface area is 117 Å². The SMILES string of the molecule is CC(C)(C)OC(=O)NCC(=O)N1C[C@H](O)C[C@H]1C(N)=O. The molecule has 1 aliphatic rings. The van der Waals surface area contributed by atoms with Gasteiger partial charge in [0.25, 0.3) is 0 Å². The maximum absolute atomic E-state index is 11.9. The molecule has 0 unspecified atom stereocenters. The summed E-state index contributed by atoms with van der Waals surface area (Å²) in [6.45, 7) is 4.82. The predicted octanol–water partition coefficient (Wildman–Crippen LogP) is -1.04. The predicted molar refractivity (Wildman–Crippen MR) is 69.6 cm³/mol. The lowest BCUT2D eigenvalue weighted by atomic mass is 10.2. The summed E-state index contributed by atoms with van der Waals surface area (Å²) in [6.07, 6.45) is -1.38. The first-order valence-corrected chi connectivity index (χ1v) is 6.34. The number of carbonyl (C=O) groups is 3. The van der Waals surface area contributed by atoms with Crippen molar-refractivity contribution in [3.05, 3.63) is 0 Å². The van der Waals surface area contributed by atoms with E-state index in [4.69, 9.17) is 10.5 Å². The first kappa shape index (κ1) is 16.2. The van der Waals surface area contributed by atoms with E-state index in [0.717, 1.165) is 0 Å². The number of nitrogens with two attached hydrogens (primary N) is 1. The van der Waals surface area contributed by atoms with Crippen molar-refractivity contribution in [3.63, 3.8) is 0 Å². The molecule has 1 saturated heterocycles. The third kappa shape index (κ3) is 4.69. The first-order valence-electron chi connectivity index (χ1n) is 6.34. The second-order valence-corrected chi connectivity index (χ2v) is 5.71. The number of hydrogen-bond acceptors (Lipinski definition) is 5. The number of β-amino-alcohol motifs (C(OH)–C–C–N with tert-alkyl or cyclic N) is 1. The van der Waals surface area contributed by atoms with Crippen LogP contribution in [0.3, 0.4) is 0 Å². The van der Waals surface area contributed by atoms with Gasteiger partial charge in [0.1, 0.15) is 18.2 Å². The molecule has 0 saturated carbocycles. The van der Waals surface area contributed by atoms with Gasteiger partial charge in [-0.25, -0.2) is 4.79 Å². The Morgan fingerprint density at radius 2 is 2.00 bits per heavy atom. The number of carbonyl (C=O) groups excluding carboxylic acids is 3. The molecule has 4 N–H and O–H groups in total. The zero-order valence-electron chi connectivity index (χ0n) is 11.9. The minimum atomic E-state index is -0.835. The number of aliphatic hydroxyl groups is 1. The van der Waals surface area contributed by atoms with E-state index < -0.39 is 35.7 Å². The summed E-state index contributed by atoms with van der Waals surface area (Å²) >= 11 is 0. The van der Waals surface area contributed by atoms with Crippen LogP contribution in [0.25, 0.3) is 0 Å². The third-order valence-corrected chi connectivity index (χ3v) is 2.71. The van der Waals surface area contributed by atoms with Crippen LogP contribution >= 0.6 is 0 Å². The number of likely N-dealkylation sites (tertiary alicyclic amines) is 1. The summed E-state index contributed by atoms with van der Waals surface area (Å²) in [4.78, 5) is 35.7. The number of rotatable bonds is 3. The minimum absolute atomic E-state index is 0.0302. The van der Waals surface area contributed by atoms with Crippen molar-refractivity contribution >= 4 is 17.9 Å². The molecule has 1 heterocycles. The number of primary amides is 1. The van der Waals surface area contributed by atoms with Gasteiger partial charge in [0.15, 0.2) is 0 Å². The maximum atomic E-state index is 11.9. The standard InChI is InChI=1S/C12H21N3O5/c1-12(2,3)20-11(19)14-5-9(17)15-6-7(16)4-8(15)10(13)18/h7-8,16H,4-6H2,1-3H3,(H2,13,18)(H,14,19)/t7-,8+/m1/s1. The quantitative estimate of drug-likeness (QED) is 0.612. The number of nitrogens with one attached hydrogen (secondary N) is 1. The first-order chi connectivity index (χ1) is 9.10. The Bertz CT molecular complexity index is 404. The van der Waals surface area contributed by atoms with Crippen LogP contribution in [-0.2, 0) is 14.3 Å². The van der Waals surface area contributed by atoms with Gasteiger partial charge in [-0.05, 0) is 20.8 Å². The topological polar surface area (TPSA) is 122 Å². The second-order valence-electron chi connectivity index (χ2n) is 5.71. The molecular formula is C12H21N3O5. The zero-order chi connectivity index (χ0) is 15.5. The summed E-state index contributed by atoms with van der Waals surface area (Å²) in [5.74, 6) is -1.16. The van der Waals surface area contributed by atoms with Gasteiger partial charge in [-0.2, -0.15) is 0 Å². The van der Waals surface area contributed by atoms with E-state index in [9.17, 15) is 19.5 Å². The highest BCUT2D eigenvalue weighted by molar-refractivity contribution is 5.89. The summed E-state index contributed by atoms with van der Waals surface area (Å²) in [6, 6.07) is -0.835. The van der Waals surface area contributed by atoms with Crippen molar-refractivity contribution < 1.29 is 24.2 Å². The Morgan fingerprint density at radius 1 is 1.40 bits per heavy atom. The molecule has 114 valence electrons. The van der Waals surface area contributed by atoms with Gasteiger partial charge in [-0.15, -0.1) is 0 Å². The fourth-order valence-corrected chi connectivity index (χ4v) is 1.92. The molecule has 1 rings (SSSR count). The molecule has 3 amide bonds. The second kappa shape index (κ2) is 6.08. The van der Waals surface area contributed by atoms with Gasteiger partial charge >= 0.3 is 6.09 Å². The summed E-state index contributed by atoms with van der Waals surface area (Å²) in [5.41, 5.74) is 4.51. The van der Waals surface area contributed by atoms with Crippen LogP contribution in [0.2, 0.25) is 0 Å². The van der Waals surface area contributed by atoms with E-state index in [1.807, 2.05) is 0 Å². The molecule has 2 atom stereocenters. The molecule has 1 aliphatic heterocycles. The van der Waals surface area contributed by atoms with E-state index in [2.05, 4.69) is 5.32 Å². The van der Waals surface area contributed by atoms with Gasteiger partial charge in [0, 0.05) is 13.0 Å². The number of amides is 3. The summed E-state index contributed by atoms with van der Waals surface area (Å²) in [5, 5.41) is 11.8. The van der Waals surface area contributed by atoms with E-state index in [0.29, 0.717) is 0 Å². The van der Waals surface area contributed by atoms with Crippen molar-refractivity contribution in [2.75, 3.05) is 13.1 Å². The zero-order valence-corrected chi connectivity index (χ0v) is 11.9. The Morgan fingerprint density at radius 3 is 2.50 bits per heavy atom. The van der Waals surface area contributed by atoms with Crippen LogP contribution in [0.1, 0.15) is 27.2 Å². The van der Waals surface area contributed by atoms with E-state index in [1.54, 1.807) is 20.8 Å². The van der Waals surface area contributed by atoms with Crippen molar-refractivity contribution in [2.24, 2.45) is 5.73 Å². The lowest BCUT2D eigenvalue weighted by Crippen LogP contribution is -2.48. The average Bonchev–Trinajstić information content (AvgIpc) is 2.66. The maximum Gasteiger partial charge on any atom is 0.408 e. The van der Waals surface area contributed by atoms with Crippen molar-refractivity contribution in [2.45, 2.75) is 44.9 Å². The smallest absolute Gasteiger partial charge is 0.408 e. The molecule has 1 fully saturated rings. The number of hydrogen-bond donors (Lipinski definition) is 3. The Balaban J connectivity index is 2.50. The number of nitrogens with zero attached hydrogens (tertiary/aromatic N) is 1. The Hall–Kier alpha value is -1.83. The van der Waals surface area contributed by atoms with Crippen LogP contribution in [0.15, 0.2) is 0 Å². The fraction of sp³-hybridized carbons (Fsp3) is 0.750. The van der Waals surface area contributed by atoms with E-state index in [1.165, 1.54) is 4.90 Å². The summed E-state index contributed by atoms with van der Waals surface area (Å²) in [7, 11) is 0. The molecule has 0 aromatic heterocycles. The monoisotopic (exact) mass is 287 g/mol. The molecule has 0 radical (unpaired) electrons. The highest BCUT2D eigenvalue weighted by Gasteiger charge is 2.37. The molecule has 0 bridgehead atoms. The van der Waals surface area contributed by atoms with Crippen LogP contribution in [0.5, 0.6) is 0 Å². The van der Waals surface area contributed by atoms with E-state index in [-0.39, 0.29) is 19.5 Å². The number of ether oxygens (including phenoxy) is 1. The molecule has 0 aromatic rings. The number of alkyl carbamates (subject to hydrolysis) is 1. The van der Waals surface area contributed by atoms with Crippen molar-refractivity contribution in [1.29, 1.82) is 0 Å². The Kier molecular flexibility index (Phi) is 4.93. The van der Waals surface area contributed by atoms with Crippen molar-refractivity contribution in [1.82, 2.24) is 10.2 Å². The van der Waals surface area contributed by atoms with Crippen LogP contribution < -0.4 is 11.1 Å². The largest absolute Gasteiger partial charge is 0.444 e. The summed E-state index contributed by atoms with van der Waals surface area (Å²) < 4.78 is 4.98. The molecular weight excluding hydrogens is 266 g/mol. The molecule has 8 heteroatoms. The average molecular weight is 287 g/mol. The third-order valence-electron chi connectivity index (χ3n) is 2.71. The molecule has 8 nitrogen and oxygen atoms in total. The molecule has 0 aromatic carbocycles. The van der Waals surface area contributed by atoms with Gasteiger partial charge in [-0.3, -0.25) is 9.59 Å². The van der Waals surface area contributed by atoms with Gasteiger partial charge in [-0.1, -0.05) is 0 Å². The van der Waals surface area contributed by atoms with Gasteiger partial charge in [0.2, 0.25) is 11.8 Å². The fourth-order valence-electron chi connectivity index (χ4n) is 1.92. The molecule has 20 heavy (non-hydrogen) atoms. The van der Waals surface area contributed by atoms with Gasteiger partial charge < -0.3 is 25.8 Å². The van der Waals surface area contributed by atoms with Crippen LogP contribution in [-0.4, -0.2) is 58.8 Å². The van der Waals surface area contributed by atoms with Crippen LogP contribution in [0, 0.1) is 0 Å². The molecule has 0 spiro atoms. The lowest BCUT2D eigenvalue weighted by Gasteiger charge is -2.23. The van der Waals surface area contributed by atoms with Crippen LogP contribution in [0.4, 0.5) is 4.79 Å². The molecule has 0 aliphatic carbocycles. The highest BCUT2D eigenvalue weighted by atomic mass is 16.6. The van der Waals surface area contributed by atoms with Crippen molar-refractivity contribution in [3.8, 4) is 0 Å². The van der Waals surface area contributed by atoms with E-state index >= 15 is 0 Å². The number of aliphatic hydroxyl groups excluding tert-OH is 1.